The maximum absolute atomic E-state index is 3.42. The molecule has 0 spiro atoms. The van der Waals surface area contributed by atoms with Crippen LogP contribution < -0.4 is 32.8 Å². The molecule has 0 aliphatic rings. The Bertz CT molecular complexity index is 1110. The summed E-state index contributed by atoms with van der Waals surface area (Å²) in [5.41, 5.74) is 6.09. The third-order valence-corrected chi connectivity index (χ3v) is 5.42. The van der Waals surface area contributed by atoms with E-state index in [1.807, 2.05) is 78.9 Å². The van der Waals surface area contributed by atoms with Gasteiger partial charge in [0.2, 0.25) is 0 Å². The Balaban J connectivity index is -0.000000324. The molecule has 42 heavy (non-hydrogen) atoms. The van der Waals surface area contributed by atoms with Gasteiger partial charge in [-0.2, -0.15) is 71.6 Å². The van der Waals surface area contributed by atoms with Gasteiger partial charge in [-0.1, -0.05) is 0 Å². The van der Waals surface area contributed by atoms with Crippen molar-refractivity contribution in [3.8, 4) is 0 Å². The normalized spacial score (nSPS) is 8.00. The third-order valence-electron chi connectivity index (χ3n) is 5.42. The fourth-order valence-electron chi connectivity index (χ4n) is 3.98. The molecule has 5 rings (SSSR count). The SMILES string of the molecule is [Y].[Y].[Y].[Y].[Y].[Y].[Y].[Y].[Y].[Y].[c-]1ccc[c-]c1B(c1[c-]cccc1)c1[c-]c[c-]c(B(c2[c-]ccc[c-]2)c2[c-]cccc2)c1. The van der Waals surface area contributed by atoms with E-state index in [4.69, 9.17) is 0 Å². The molecule has 0 bridgehead atoms. The van der Waals surface area contributed by atoms with Crippen LogP contribution in [-0.2, 0) is 327 Å². The van der Waals surface area contributed by atoms with Gasteiger partial charge in [0.05, 0.1) is 0 Å². The molecule has 0 aliphatic heterocycles. The van der Waals surface area contributed by atoms with E-state index in [2.05, 4.69) is 66.7 Å². The summed E-state index contributed by atoms with van der Waals surface area (Å²) in [6.45, 7) is -0.148. The first-order valence-electron chi connectivity index (χ1n) is 10.5. The quantitative estimate of drug-likeness (QED) is 0.177. The first kappa shape index (κ1) is 61.3. The maximum Gasteiger partial charge on any atom is 0.117 e. The monoisotopic (exact) mass is 1290 g/mol. The van der Waals surface area contributed by atoms with Crippen LogP contribution in [0, 0.1) is 48.5 Å². The molecule has 0 aliphatic carbocycles. The van der Waals surface area contributed by atoms with Gasteiger partial charge in [0.1, 0.15) is 13.4 Å². The minimum Gasteiger partial charge on any atom is -0.364 e. The standard InChI is InChI=1S/C30H16B2.10Y/c1-5-14-25(15-6-1)31(26-16-7-2-8-17-26)29-22-13-23-30(24-29)32(27-18-9-3-10-19-27)28-20-11-4-12-21-28;;;;;;;;;;/h1-14,18,24H;;;;;;;;;;/q-8;;;;;;;;;;. The van der Waals surface area contributed by atoms with E-state index in [1.54, 1.807) is 0 Å². The van der Waals surface area contributed by atoms with Gasteiger partial charge in [-0.25, -0.2) is 0 Å². The summed E-state index contributed by atoms with van der Waals surface area (Å²) in [7, 11) is 0. The molecule has 0 unspecified atom stereocenters. The Kier molecular flexibility index (Phi) is 51.5. The van der Waals surface area contributed by atoms with E-state index in [9.17, 15) is 0 Å². The molecule has 5 aromatic rings. The van der Waals surface area contributed by atoms with Crippen molar-refractivity contribution in [2.24, 2.45) is 0 Å². The van der Waals surface area contributed by atoms with E-state index in [-0.39, 0.29) is 341 Å². The summed E-state index contributed by atoms with van der Waals surface area (Å²) < 4.78 is 0. The topological polar surface area (TPSA) is 0 Å². The zero-order valence-electron chi connectivity index (χ0n) is 23.2. The summed E-state index contributed by atoms with van der Waals surface area (Å²) in [6, 6.07) is 58.7. The fourth-order valence-corrected chi connectivity index (χ4v) is 3.98. The molecule has 0 saturated heterocycles. The van der Waals surface area contributed by atoms with Crippen molar-refractivity contribution >= 4 is 46.2 Å². The Morgan fingerprint density at radius 2 is 0.667 bits per heavy atom. The van der Waals surface area contributed by atoms with Gasteiger partial charge in [0.25, 0.3) is 0 Å². The van der Waals surface area contributed by atoms with Gasteiger partial charge in [-0.3, -0.25) is 42.5 Å². The Labute approximate surface area is 505 Å². The molecule has 0 atom stereocenters. The van der Waals surface area contributed by atoms with Crippen LogP contribution in [0.25, 0.3) is 0 Å². The van der Waals surface area contributed by atoms with Crippen LogP contribution in [0.3, 0.4) is 0 Å². The van der Waals surface area contributed by atoms with Gasteiger partial charge >= 0.3 is 0 Å². The zero-order valence-corrected chi connectivity index (χ0v) is 51.5. The second-order valence-electron chi connectivity index (χ2n) is 7.45. The second-order valence-corrected chi connectivity index (χ2v) is 7.45. The minimum absolute atomic E-state index is 0. The van der Waals surface area contributed by atoms with Crippen molar-refractivity contribution in [3.05, 3.63) is 146 Å². The summed E-state index contributed by atoms with van der Waals surface area (Å²) in [4.78, 5) is 0. The summed E-state index contributed by atoms with van der Waals surface area (Å²) in [5.74, 6) is 0. The molecule has 5 aromatic carbocycles. The van der Waals surface area contributed by atoms with E-state index in [0.717, 1.165) is 32.8 Å². The molecule has 0 heterocycles. The Morgan fingerprint density at radius 3 is 0.976 bits per heavy atom. The predicted octanol–water partition coefficient (Wildman–Crippen LogP) is 1.10. The van der Waals surface area contributed by atoms with Crippen molar-refractivity contribution in [1.82, 2.24) is 0 Å². The molecule has 0 N–H and O–H groups in total. The molecular formula is C30H16B2Y10-8. The van der Waals surface area contributed by atoms with Gasteiger partial charge < -0.3 is 64.3 Å². The van der Waals surface area contributed by atoms with Crippen LogP contribution in [-0.4, -0.2) is 13.4 Å². The number of hydrogen-bond donors (Lipinski definition) is 0. The maximum atomic E-state index is 3.42. The summed E-state index contributed by atoms with van der Waals surface area (Å²) in [5, 5.41) is 0. The van der Waals surface area contributed by atoms with Crippen molar-refractivity contribution in [2.75, 3.05) is 0 Å². The molecule has 0 nitrogen and oxygen atoms in total. The van der Waals surface area contributed by atoms with Crippen LogP contribution in [0.1, 0.15) is 0 Å². The second kappa shape index (κ2) is 35.3. The van der Waals surface area contributed by atoms with Crippen molar-refractivity contribution in [3.63, 3.8) is 0 Å². The van der Waals surface area contributed by atoms with Gasteiger partial charge in [0, 0.05) is 327 Å². The molecule has 12 heteroatoms. The zero-order chi connectivity index (χ0) is 21.6. The van der Waals surface area contributed by atoms with Crippen LogP contribution >= 0.6 is 0 Å². The van der Waals surface area contributed by atoms with E-state index in [0.29, 0.717) is 0 Å². The smallest absolute Gasteiger partial charge is 0.117 e. The molecule has 0 saturated carbocycles. The van der Waals surface area contributed by atoms with E-state index < -0.39 is 0 Å². The third kappa shape index (κ3) is 18.9. The van der Waals surface area contributed by atoms with Gasteiger partial charge in [-0.15, -0.1) is 0 Å². The Hall–Kier alpha value is 7.27. The van der Waals surface area contributed by atoms with E-state index in [1.165, 1.54) is 0 Å². The van der Waals surface area contributed by atoms with Gasteiger partial charge in [0.15, 0.2) is 0 Å². The van der Waals surface area contributed by atoms with Crippen molar-refractivity contribution < 1.29 is 327 Å². The van der Waals surface area contributed by atoms with Gasteiger partial charge in [-0.05, 0) is 0 Å². The number of hydrogen-bond acceptors (Lipinski definition) is 0. The molecule has 10 radical (unpaired) electrons. The van der Waals surface area contributed by atoms with Crippen molar-refractivity contribution in [2.45, 2.75) is 0 Å². The minimum atomic E-state index is -0.0742. The van der Waals surface area contributed by atoms with Crippen molar-refractivity contribution in [1.29, 1.82) is 0 Å². The molecule has 0 aromatic heterocycles. The first-order valence-corrected chi connectivity index (χ1v) is 10.5. The largest absolute Gasteiger partial charge is 0.364 e. The molecule has 0 fully saturated rings. The van der Waals surface area contributed by atoms with Crippen LogP contribution in [0.4, 0.5) is 0 Å². The first-order chi connectivity index (χ1) is 15.9. The summed E-state index contributed by atoms with van der Waals surface area (Å²) >= 11 is 0. The summed E-state index contributed by atoms with van der Waals surface area (Å²) in [6.07, 6.45) is 0. The molecular weight excluding hydrogens is 1270 g/mol. The average molecular weight is 1290 g/mol. The average Bonchev–Trinajstić information content (AvgIpc) is 2.87. The number of benzene rings is 5. The van der Waals surface area contributed by atoms with Crippen LogP contribution in [0.15, 0.2) is 97.1 Å². The number of rotatable bonds is 6. The van der Waals surface area contributed by atoms with Crippen LogP contribution in [0.2, 0.25) is 0 Å². The molecule has 180 valence electrons. The Morgan fingerprint density at radius 1 is 0.333 bits per heavy atom. The predicted molar refractivity (Wildman–Crippen MR) is 132 cm³/mol. The van der Waals surface area contributed by atoms with Crippen LogP contribution in [0.5, 0.6) is 0 Å². The molecule has 0 amide bonds. The fraction of sp³-hybridized carbons (Fsp3) is 0. The van der Waals surface area contributed by atoms with E-state index >= 15 is 0 Å².